The average Bonchev–Trinajstić information content (AvgIpc) is 0.718. The van der Waals surface area contributed by atoms with Crippen LogP contribution in [0, 0.1) is 40.9 Å². The maximum Gasteiger partial charge on any atom is 0.164 e. The summed E-state index contributed by atoms with van der Waals surface area (Å²) in [6.45, 7) is 2.81. The standard InChI is InChI=1S/C78H92N2O9S4/c1-3-49-18-19-50-14-9-16-60-69(43-81)93-92-44-55-36-70(85)78(64-46-91-90-45-56-41-76(26-7-8-27-76)29-24-67(56)89-68-35-53(64)21-22-65(68)83,58-37-57(38-59(82)39-58)77-28-10-15-52(63(77)17-11-30-80-77)32-47-12-5-4-6-13-47)75(87)72(55)73(86)54(33-48-25-31-79-42-48)34-51-20-23-66(84)74(88-2)62(51)40-61(49)71(50)60/h4-6,9,12-14,16,18-23,25,31,35,37-39,42,52,54-56,63-64,67,69-70,72-73,79-86H,3,7-8,10-11,15,17,24,26-30,32-34,36,40-41,43-46H2,1-2H3. The van der Waals surface area contributed by atoms with Gasteiger partial charge >= 0.3 is 0 Å². The van der Waals surface area contributed by atoms with Crippen molar-refractivity contribution in [3.63, 3.8) is 0 Å². The summed E-state index contributed by atoms with van der Waals surface area (Å²) in [6.07, 6.45) is 17.1. The van der Waals surface area contributed by atoms with Crippen LogP contribution in [0.4, 0.5) is 0 Å². The Labute approximate surface area is 564 Å². The van der Waals surface area contributed by atoms with Crippen LogP contribution in [0.5, 0.6) is 28.7 Å². The van der Waals surface area contributed by atoms with Gasteiger partial charge in [-0.15, -0.1) is 0 Å². The maximum absolute atomic E-state index is 18.0. The number of phenols is 3. The van der Waals surface area contributed by atoms with E-state index in [4.69, 9.17) is 9.47 Å². The highest BCUT2D eigenvalue weighted by molar-refractivity contribution is 8.77. The summed E-state index contributed by atoms with van der Waals surface area (Å²) in [5, 5.41) is 82.4. The van der Waals surface area contributed by atoms with Crippen LogP contribution in [-0.2, 0) is 47.9 Å². The van der Waals surface area contributed by atoms with Crippen molar-refractivity contribution in [3.8, 4) is 28.7 Å². The van der Waals surface area contributed by atoms with E-state index in [1.807, 2.05) is 53.5 Å². The smallest absolute Gasteiger partial charge is 0.164 e. The number of ether oxygens (including phenoxy) is 2. The minimum absolute atomic E-state index is 0.00771. The Kier molecular flexibility index (Phi) is 19.4. The molecule has 3 aliphatic heterocycles. The van der Waals surface area contributed by atoms with E-state index in [1.165, 1.54) is 31.2 Å². The molecule has 15 heteroatoms. The van der Waals surface area contributed by atoms with Crippen molar-refractivity contribution in [2.75, 3.05) is 37.5 Å². The number of aryl methyl sites for hydroxylation is 1. The lowest BCUT2D eigenvalue weighted by Crippen LogP contribution is -2.63. The fourth-order valence-corrected chi connectivity index (χ4v) is 24.9. The van der Waals surface area contributed by atoms with Crippen LogP contribution in [-0.4, -0.2) is 97.2 Å². The van der Waals surface area contributed by atoms with Gasteiger partial charge in [-0.05, 0) is 223 Å². The number of H-pyrrole nitrogens is 1. The first-order valence-corrected chi connectivity index (χ1v) is 39.4. The molecule has 492 valence electrons. The Morgan fingerprint density at radius 1 is 0.731 bits per heavy atom. The molecule has 2 bridgehead atoms. The normalized spacial score (nSPS) is 30.7. The van der Waals surface area contributed by atoms with Gasteiger partial charge in [0, 0.05) is 64.9 Å². The van der Waals surface area contributed by atoms with Crippen molar-refractivity contribution >= 4 is 59.7 Å². The highest BCUT2D eigenvalue weighted by Gasteiger charge is 2.62. The van der Waals surface area contributed by atoms with Crippen LogP contribution >= 0.6 is 43.2 Å². The van der Waals surface area contributed by atoms with Crippen LogP contribution in [0.15, 0.2) is 128 Å². The van der Waals surface area contributed by atoms with Gasteiger partial charge < -0.3 is 50.4 Å². The zero-order valence-electron chi connectivity index (χ0n) is 53.8. The lowest BCUT2D eigenvalue weighted by atomic mass is 9.52. The van der Waals surface area contributed by atoms with E-state index in [2.05, 4.69) is 84.0 Å². The summed E-state index contributed by atoms with van der Waals surface area (Å²) >= 11 is 0. The number of aromatic hydroxyl groups is 3. The summed E-state index contributed by atoms with van der Waals surface area (Å²) in [5.41, 5.74) is 7.39. The summed E-state index contributed by atoms with van der Waals surface area (Å²) in [6, 6.07) is 38.5. The number of phenolic OH excluding ortho intramolecular Hbond substituents is 3. The van der Waals surface area contributed by atoms with Gasteiger partial charge in [-0.1, -0.05) is 148 Å². The number of carbonyl (C=O) groups excluding carboxylic acids is 1. The van der Waals surface area contributed by atoms with Crippen molar-refractivity contribution in [1.29, 1.82) is 0 Å². The van der Waals surface area contributed by atoms with Crippen molar-refractivity contribution in [2.24, 2.45) is 40.9 Å². The molecule has 13 atom stereocenters. The Balaban J connectivity index is 0.953. The number of piperidine rings is 1. The van der Waals surface area contributed by atoms with Crippen molar-refractivity contribution in [3.05, 3.63) is 183 Å². The number of aromatic amines is 1. The number of ketones is 1. The number of aromatic nitrogens is 1. The largest absolute Gasteiger partial charge is 0.508 e. The second-order valence-corrected chi connectivity index (χ2v) is 33.8. The monoisotopic (exact) mass is 1330 g/mol. The number of carbonyl (C=O) groups is 1. The van der Waals surface area contributed by atoms with Gasteiger partial charge in [0.25, 0.3) is 0 Å². The van der Waals surface area contributed by atoms with Gasteiger partial charge in [-0.2, -0.15) is 0 Å². The summed E-state index contributed by atoms with van der Waals surface area (Å²) in [5.74, 6) is 0.0671. The highest BCUT2D eigenvalue weighted by atomic mass is 33.1. The second kappa shape index (κ2) is 27.7. The van der Waals surface area contributed by atoms with E-state index in [9.17, 15) is 30.6 Å². The molecule has 0 amide bonds. The molecule has 11 nitrogen and oxygen atoms in total. The molecule has 93 heavy (non-hydrogen) atoms. The zero-order chi connectivity index (χ0) is 64.0. The molecule has 8 N–H and O–H groups in total. The van der Waals surface area contributed by atoms with Crippen LogP contribution in [0.3, 0.4) is 0 Å². The number of aliphatic hydroxyl groups excluding tert-OH is 3. The van der Waals surface area contributed by atoms with Gasteiger partial charge in [-0.3, -0.25) is 4.79 Å². The summed E-state index contributed by atoms with van der Waals surface area (Å²) in [7, 11) is 8.31. The second-order valence-electron chi connectivity index (χ2n) is 28.6. The van der Waals surface area contributed by atoms with E-state index in [-0.39, 0.29) is 59.2 Å². The SMILES string of the molecule is CCc1ccc2cccc3c2c1Cc1c(ccc(O)c1OC)CC(Cc1cc[nH]c1)C(O)C1C(=O)C(c2cc(O)cc(C45CCCC(Cc6ccccc6)C4CCCN5)c2)(C2CSSCC4CC5(CCCC5)CCC4Oc4cc2ccc4O)C(O)CC1CSSC3CO. The topological polar surface area (TPSA) is 185 Å². The number of fused-ring (bicyclic) bond motifs is 6. The molecule has 4 heterocycles. The molecule has 1 aromatic heterocycles. The predicted octanol–water partition coefficient (Wildman–Crippen LogP) is 15.7. The van der Waals surface area contributed by atoms with Crippen LogP contribution in [0.1, 0.15) is 157 Å². The number of rotatable bonds is 10. The fourth-order valence-electron chi connectivity index (χ4n) is 19.3. The average molecular weight is 1330 g/mol. The molecule has 7 aliphatic rings. The minimum Gasteiger partial charge on any atom is -0.508 e. The van der Waals surface area contributed by atoms with Crippen LogP contribution < -0.4 is 14.8 Å². The third kappa shape index (κ3) is 12.3. The van der Waals surface area contributed by atoms with E-state index in [1.54, 1.807) is 57.7 Å². The molecule has 14 rings (SSSR count). The molecule has 1 spiro atoms. The quantitative estimate of drug-likeness (QED) is 0.0605. The number of aliphatic hydroxyl groups is 3. The van der Waals surface area contributed by atoms with E-state index in [0.717, 1.165) is 132 Å². The number of hydrogen-bond acceptors (Lipinski definition) is 14. The van der Waals surface area contributed by atoms with Gasteiger partial charge in [-0.25, -0.2) is 0 Å². The third-order valence-electron chi connectivity index (χ3n) is 23.7. The molecule has 1 saturated heterocycles. The van der Waals surface area contributed by atoms with Crippen molar-refractivity contribution in [1.82, 2.24) is 10.3 Å². The number of hydrogen-bond donors (Lipinski definition) is 8. The summed E-state index contributed by atoms with van der Waals surface area (Å²) in [4.78, 5) is 21.3. The number of nitrogens with one attached hydrogen (secondary N) is 2. The molecule has 5 fully saturated rings. The van der Waals surface area contributed by atoms with Crippen molar-refractivity contribution < 1.29 is 44.9 Å². The van der Waals surface area contributed by atoms with Gasteiger partial charge in [0.2, 0.25) is 0 Å². The molecule has 0 radical (unpaired) electrons. The maximum atomic E-state index is 18.0. The lowest BCUT2D eigenvalue weighted by Gasteiger charge is -2.54. The molecule has 7 aromatic rings. The van der Waals surface area contributed by atoms with Gasteiger partial charge in [0.05, 0.1) is 36.6 Å². The first-order valence-electron chi connectivity index (χ1n) is 34.5. The molecule has 4 saturated carbocycles. The number of benzene rings is 6. The molecular weight excluding hydrogens is 1240 g/mol. The number of methoxy groups -OCH3 is 1. The van der Waals surface area contributed by atoms with E-state index in [0.29, 0.717) is 59.2 Å². The van der Waals surface area contributed by atoms with Crippen molar-refractivity contribution in [2.45, 2.75) is 163 Å². The lowest BCUT2D eigenvalue weighted by molar-refractivity contribution is -0.150. The Hall–Kier alpha value is -5.23. The van der Waals surface area contributed by atoms with E-state index < -0.39 is 46.8 Å². The van der Waals surface area contributed by atoms with Gasteiger partial charge in [0.1, 0.15) is 11.9 Å². The molecule has 4 aliphatic carbocycles. The summed E-state index contributed by atoms with van der Waals surface area (Å²) < 4.78 is 13.3. The first-order chi connectivity index (χ1) is 45.3. The Bertz CT molecular complexity index is 3780. The molecule has 6 aromatic carbocycles. The minimum atomic E-state index is -1.77. The molecular formula is C78H92N2O9S4. The fraction of sp³-hybridized carbons (Fsp3) is 0.500. The molecule has 13 unspecified atom stereocenters. The Morgan fingerprint density at radius 2 is 1.54 bits per heavy atom. The third-order valence-corrected chi connectivity index (χ3v) is 29.1. The predicted molar refractivity (Wildman–Crippen MR) is 379 cm³/mol. The zero-order valence-corrected chi connectivity index (χ0v) is 57.0. The van der Waals surface area contributed by atoms with Crippen LogP contribution in [0.2, 0.25) is 0 Å². The van der Waals surface area contributed by atoms with Gasteiger partial charge in [0.15, 0.2) is 28.8 Å². The van der Waals surface area contributed by atoms with Crippen LogP contribution in [0.25, 0.3) is 10.8 Å². The Morgan fingerprint density at radius 3 is 2.34 bits per heavy atom. The van der Waals surface area contributed by atoms with E-state index >= 15 is 4.79 Å². The number of Topliss-reactive ketones (excluding diaryl/α,β-unsaturated/α-hetero) is 1. The highest BCUT2D eigenvalue weighted by Crippen LogP contribution is 2.60. The first kappa shape index (κ1) is 65.1.